The van der Waals surface area contributed by atoms with Crippen molar-refractivity contribution in [3.8, 4) is 5.69 Å². The van der Waals surface area contributed by atoms with Crippen LogP contribution in [0.15, 0.2) is 39.9 Å². The quantitative estimate of drug-likeness (QED) is 0.507. The first kappa shape index (κ1) is 23.8. The first-order valence-electron chi connectivity index (χ1n) is 10.6. The normalized spacial score (nSPS) is 11.3. The van der Waals surface area contributed by atoms with Crippen LogP contribution in [0.25, 0.3) is 16.6 Å². The van der Waals surface area contributed by atoms with Crippen molar-refractivity contribution in [2.24, 2.45) is 0 Å². The Kier molecular flexibility index (Phi) is 7.21. The predicted octanol–water partition coefficient (Wildman–Crippen LogP) is 3.55. The molecular formula is C24H28ClN3O4. The molecule has 0 aliphatic carbocycles. The number of para-hydroxylation sites is 1. The summed E-state index contributed by atoms with van der Waals surface area (Å²) in [6.45, 7) is 6.65. The van der Waals surface area contributed by atoms with Gasteiger partial charge in [-0.25, -0.2) is 14.2 Å². The van der Waals surface area contributed by atoms with Crippen LogP contribution < -0.4 is 11.2 Å². The summed E-state index contributed by atoms with van der Waals surface area (Å²) < 4.78 is 7.91. The van der Waals surface area contributed by atoms with Crippen LogP contribution in [0.1, 0.15) is 34.8 Å². The molecule has 0 unspecified atom stereocenters. The largest absolute Gasteiger partial charge is 0.462 e. The summed E-state index contributed by atoms with van der Waals surface area (Å²) in [6.07, 6.45) is 0.709. The maximum atomic E-state index is 13.6. The van der Waals surface area contributed by atoms with Gasteiger partial charge in [0.15, 0.2) is 0 Å². The summed E-state index contributed by atoms with van der Waals surface area (Å²) in [5, 5.41) is 0.601. The molecule has 0 atom stereocenters. The van der Waals surface area contributed by atoms with Gasteiger partial charge in [0.2, 0.25) is 0 Å². The molecule has 1 heterocycles. The van der Waals surface area contributed by atoms with E-state index in [1.165, 1.54) is 0 Å². The first-order chi connectivity index (χ1) is 15.2. The summed E-state index contributed by atoms with van der Waals surface area (Å²) >= 11 is 6.35. The number of halogens is 1. The number of carbonyl (C=O) groups excluding carboxylic acids is 1. The van der Waals surface area contributed by atoms with E-state index < -0.39 is 17.2 Å². The minimum atomic E-state index is -0.509. The smallest absolute Gasteiger partial charge is 0.338 e. The molecule has 0 amide bonds. The maximum Gasteiger partial charge on any atom is 0.338 e. The molecule has 0 radical (unpaired) electrons. The van der Waals surface area contributed by atoms with Crippen LogP contribution >= 0.6 is 11.6 Å². The summed E-state index contributed by atoms with van der Waals surface area (Å²) in [7, 11) is 3.93. The summed E-state index contributed by atoms with van der Waals surface area (Å²) in [5.74, 6) is -0.488. The highest BCUT2D eigenvalue weighted by Crippen LogP contribution is 2.25. The number of aromatic nitrogens is 2. The summed E-state index contributed by atoms with van der Waals surface area (Å²) in [6, 6.07) is 8.46. The van der Waals surface area contributed by atoms with Crippen LogP contribution in [0.3, 0.4) is 0 Å². The van der Waals surface area contributed by atoms with Gasteiger partial charge in [0, 0.05) is 6.54 Å². The Morgan fingerprint density at radius 2 is 1.84 bits per heavy atom. The Morgan fingerprint density at radius 1 is 1.16 bits per heavy atom. The van der Waals surface area contributed by atoms with Crippen LogP contribution in [-0.2, 0) is 11.3 Å². The molecule has 7 nitrogen and oxygen atoms in total. The minimum absolute atomic E-state index is 0.226. The Balaban J connectivity index is 2.42. The van der Waals surface area contributed by atoms with Crippen molar-refractivity contribution in [1.29, 1.82) is 0 Å². The molecule has 0 fully saturated rings. The van der Waals surface area contributed by atoms with Crippen molar-refractivity contribution in [1.82, 2.24) is 14.0 Å². The SMILES string of the molecule is CCOC(=O)c1c(C)cc2c(c1C)c(=O)n(-c1ccccc1Cl)c(=O)n2CCCN(C)C. The second-order valence-electron chi connectivity index (χ2n) is 7.99. The number of carbonyl (C=O) groups is 1. The van der Waals surface area contributed by atoms with Crippen LogP contribution in [0.4, 0.5) is 0 Å². The molecule has 3 aromatic rings. The lowest BCUT2D eigenvalue weighted by molar-refractivity contribution is 0.0525. The second-order valence-corrected chi connectivity index (χ2v) is 8.40. The molecule has 0 aliphatic heterocycles. The molecule has 32 heavy (non-hydrogen) atoms. The van der Waals surface area contributed by atoms with Gasteiger partial charge in [-0.3, -0.25) is 9.36 Å². The van der Waals surface area contributed by atoms with E-state index in [-0.39, 0.29) is 6.61 Å². The number of benzene rings is 2. The lowest BCUT2D eigenvalue weighted by Crippen LogP contribution is -2.40. The molecule has 0 saturated carbocycles. The zero-order valence-corrected chi connectivity index (χ0v) is 19.8. The predicted molar refractivity (Wildman–Crippen MR) is 127 cm³/mol. The molecule has 0 N–H and O–H groups in total. The molecule has 3 rings (SSSR count). The number of hydrogen-bond donors (Lipinski definition) is 0. The zero-order chi connectivity index (χ0) is 23.6. The Hall–Kier alpha value is -2.90. The lowest BCUT2D eigenvalue weighted by Gasteiger charge is -2.19. The van der Waals surface area contributed by atoms with Crippen molar-refractivity contribution in [2.45, 2.75) is 33.7 Å². The highest BCUT2D eigenvalue weighted by molar-refractivity contribution is 6.32. The number of fused-ring (bicyclic) bond motifs is 1. The number of rotatable bonds is 7. The van der Waals surface area contributed by atoms with Crippen molar-refractivity contribution >= 4 is 28.5 Å². The molecule has 170 valence electrons. The third-order valence-corrected chi connectivity index (χ3v) is 5.76. The van der Waals surface area contributed by atoms with Crippen LogP contribution in [0, 0.1) is 13.8 Å². The highest BCUT2D eigenvalue weighted by Gasteiger charge is 2.23. The topological polar surface area (TPSA) is 73.5 Å². The fourth-order valence-corrected chi connectivity index (χ4v) is 4.21. The van der Waals surface area contributed by atoms with Gasteiger partial charge in [-0.2, -0.15) is 0 Å². The van der Waals surface area contributed by atoms with Gasteiger partial charge in [-0.15, -0.1) is 0 Å². The Bertz CT molecular complexity index is 1290. The summed E-state index contributed by atoms with van der Waals surface area (Å²) in [4.78, 5) is 41.8. The van der Waals surface area contributed by atoms with Gasteiger partial charge in [-0.05, 0) is 77.2 Å². The highest BCUT2D eigenvalue weighted by atomic mass is 35.5. The van der Waals surface area contributed by atoms with Gasteiger partial charge in [-0.1, -0.05) is 23.7 Å². The van der Waals surface area contributed by atoms with Gasteiger partial charge in [0.1, 0.15) is 0 Å². The van der Waals surface area contributed by atoms with Crippen molar-refractivity contribution in [2.75, 3.05) is 27.2 Å². The van der Waals surface area contributed by atoms with Gasteiger partial charge in [0.25, 0.3) is 5.56 Å². The maximum absolute atomic E-state index is 13.6. The van der Waals surface area contributed by atoms with Crippen molar-refractivity contribution in [3.05, 3.63) is 72.9 Å². The summed E-state index contributed by atoms with van der Waals surface area (Å²) in [5.41, 5.74) is 1.34. The van der Waals surface area contributed by atoms with E-state index in [9.17, 15) is 14.4 Å². The van der Waals surface area contributed by atoms with E-state index >= 15 is 0 Å². The van der Waals surface area contributed by atoms with Crippen LogP contribution in [-0.4, -0.2) is 47.3 Å². The molecule has 8 heteroatoms. The Morgan fingerprint density at radius 3 is 2.47 bits per heavy atom. The van der Waals surface area contributed by atoms with Crippen LogP contribution in [0.5, 0.6) is 0 Å². The standard InChI is InChI=1S/C24H28ClN3O4/c1-6-32-23(30)20-15(2)14-19-21(16(20)3)22(29)28(18-11-8-7-10-17(18)25)24(31)27(19)13-9-12-26(4)5/h7-8,10-11,14H,6,9,12-13H2,1-5H3. The molecule has 0 spiro atoms. The van der Waals surface area contributed by atoms with E-state index in [4.69, 9.17) is 16.3 Å². The average Bonchev–Trinajstić information content (AvgIpc) is 2.71. The molecule has 0 bridgehead atoms. The third kappa shape index (κ3) is 4.36. The number of esters is 1. The van der Waals surface area contributed by atoms with Gasteiger partial charge < -0.3 is 9.64 Å². The average molecular weight is 458 g/mol. The molecule has 2 aromatic carbocycles. The second kappa shape index (κ2) is 9.71. The minimum Gasteiger partial charge on any atom is -0.462 e. The fraction of sp³-hybridized carbons (Fsp3) is 0.375. The molecule has 0 aliphatic rings. The van der Waals surface area contributed by atoms with E-state index in [0.29, 0.717) is 51.3 Å². The third-order valence-electron chi connectivity index (χ3n) is 5.44. The number of aryl methyl sites for hydroxylation is 3. The van der Waals surface area contributed by atoms with Crippen molar-refractivity contribution in [3.63, 3.8) is 0 Å². The van der Waals surface area contributed by atoms with Crippen LogP contribution in [0.2, 0.25) is 5.02 Å². The van der Waals surface area contributed by atoms with E-state index in [0.717, 1.165) is 11.1 Å². The van der Waals surface area contributed by atoms with E-state index in [1.54, 1.807) is 55.7 Å². The van der Waals surface area contributed by atoms with Gasteiger partial charge >= 0.3 is 11.7 Å². The Labute approximate surface area is 191 Å². The van der Waals surface area contributed by atoms with E-state index in [1.807, 2.05) is 19.0 Å². The first-order valence-corrected chi connectivity index (χ1v) is 10.9. The number of ether oxygens (including phenoxy) is 1. The monoisotopic (exact) mass is 457 g/mol. The van der Waals surface area contributed by atoms with E-state index in [2.05, 4.69) is 0 Å². The molecular weight excluding hydrogens is 430 g/mol. The zero-order valence-electron chi connectivity index (χ0n) is 19.1. The van der Waals surface area contributed by atoms with Crippen molar-refractivity contribution < 1.29 is 9.53 Å². The molecule has 1 aromatic heterocycles. The fourth-order valence-electron chi connectivity index (χ4n) is 3.99. The lowest BCUT2D eigenvalue weighted by atomic mass is 9.98. The number of nitrogens with zero attached hydrogens (tertiary/aromatic N) is 3. The number of hydrogen-bond acceptors (Lipinski definition) is 5. The molecule has 0 saturated heterocycles. The van der Waals surface area contributed by atoms with Gasteiger partial charge in [0.05, 0.1) is 33.8 Å².